The SMILES string of the molecule is CC(C)Cn1c(SCC(=O)NC2CCCCCC2)nc2ccccc2c1=O. The topological polar surface area (TPSA) is 64.0 Å². The van der Waals surface area contributed by atoms with Gasteiger partial charge in [-0.25, -0.2) is 4.98 Å². The van der Waals surface area contributed by atoms with Gasteiger partial charge in [-0.3, -0.25) is 14.2 Å². The lowest BCUT2D eigenvalue weighted by Gasteiger charge is -2.17. The number of para-hydroxylation sites is 1. The summed E-state index contributed by atoms with van der Waals surface area (Å²) in [7, 11) is 0. The molecule has 1 fully saturated rings. The maximum atomic E-state index is 12.9. The predicted molar refractivity (Wildman–Crippen MR) is 111 cm³/mol. The van der Waals surface area contributed by atoms with Crippen LogP contribution >= 0.6 is 11.8 Å². The molecule has 5 nitrogen and oxygen atoms in total. The first-order valence-electron chi connectivity index (χ1n) is 9.96. The minimum Gasteiger partial charge on any atom is -0.353 e. The van der Waals surface area contributed by atoms with Crippen molar-refractivity contribution in [1.29, 1.82) is 0 Å². The van der Waals surface area contributed by atoms with Gasteiger partial charge in [0.2, 0.25) is 5.91 Å². The van der Waals surface area contributed by atoms with Gasteiger partial charge in [0.05, 0.1) is 16.7 Å². The summed E-state index contributed by atoms with van der Waals surface area (Å²) in [5, 5.41) is 4.42. The molecule has 1 N–H and O–H groups in total. The molecule has 0 bridgehead atoms. The fraction of sp³-hybridized carbons (Fsp3) is 0.571. The third kappa shape index (κ3) is 5.34. The fourth-order valence-corrected chi connectivity index (χ4v) is 4.43. The van der Waals surface area contributed by atoms with Crippen LogP contribution in [0.25, 0.3) is 10.9 Å². The molecule has 1 saturated carbocycles. The Morgan fingerprint density at radius 1 is 1.22 bits per heavy atom. The second kappa shape index (κ2) is 9.40. The van der Waals surface area contributed by atoms with Crippen molar-refractivity contribution >= 4 is 28.6 Å². The predicted octanol–water partition coefficient (Wildman–Crippen LogP) is 3.98. The molecule has 0 atom stereocenters. The van der Waals surface area contributed by atoms with E-state index in [0.717, 1.165) is 12.8 Å². The molecule has 0 aliphatic heterocycles. The van der Waals surface area contributed by atoms with Crippen LogP contribution in [0.1, 0.15) is 52.4 Å². The average Bonchev–Trinajstić information content (AvgIpc) is 2.91. The molecule has 0 radical (unpaired) electrons. The van der Waals surface area contributed by atoms with Crippen LogP contribution in [0, 0.1) is 5.92 Å². The number of fused-ring (bicyclic) bond motifs is 1. The molecule has 0 unspecified atom stereocenters. The van der Waals surface area contributed by atoms with E-state index >= 15 is 0 Å². The fourth-order valence-electron chi connectivity index (χ4n) is 3.61. The highest BCUT2D eigenvalue weighted by atomic mass is 32.2. The normalized spacial score (nSPS) is 15.8. The van der Waals surface area contributed by atoms with Gasteiger partial charge in [-0.2, -0.15) is 0 Å². The molecule has 1 aromatic carbocycles. The highest BCUT2D eigenvalue weighted by Gasteiger charge is 2.17. The second-order valence-corrected chi connectivity index (χ2v) is 8.71. The van der Waals surface area contributed by atoms with Gasteiger partial charge in [0.15, 0.2) is 5.16 Å². The van der Waals surface area contributed by atoms with Crippen molar-refractivity contribution in [2.45, 2.75) is 70.1 Å². The standard InChI is InChI=1S/C21H29N3O2S/c1-15(2)13-24-20(26)17-11-7-8-12-18(17)23-21(24)27-14-19(25)22-16-9-5-3-4-6-10-16/h7-8,11-12,15-16H,3-6,9-10,13-14H2,1-2H3,(H,22,25). The number of amides is 1. The second-order valence-electron chi connectivity index (χ2n) is 7.77. The number of hydrogen-bond acceptors (Lipinski definition) is 4. The molecule has 1 amide bonds. The minimum atomic E-state index is -0.0269. The summed E-state index contributed by atoms with van der Waals surface area (Å²) in [4.78, 5) is 30.0. The van der Waals surface area contributed by atoms with E-state index < -0.39 is 0 Å². The number of carbonyl (C=O) groups is 1. The maximum Gasteiger partial charge on any atom is 0.262 e. The summed E-state index contributed by atoms with van der Waals surface area (Å²) >= 11 is 1.36. The van der Waals surface area contributed by atoms with E-state index in [1.54, 1.807) is 4.57 Å². The van der Waals surface area contributed by atoms with E-state index in [9.17, 15) is 9.59 Å². The van der Waals surface area contributed by atoms with Crippen molar-refractivity contribution in [2.24, 2.45) is 5.92 Å². The first-order chi connectivity index (χ1) is 13.0. The van der Waals surface area contributed by atoms with Crippen LogP contribution in [0.3, 0.4) is 0 Å². The molecular formula is C21H29N3O2S. The van der Waals surface area contributed by atoms with E-state index in [1.165, 1.54) is 37.4 Å². The van der Waals surface area contributed by atoms with Crippen LogP contribution in [-0.4, -0.2) is 27.3 Å². The van der Waals surface area contributed by atoms with E-state index in [4.69, 9.17) is 0 Å². The van der Waals surface area contributed by atoms with Gasteiger partial charge in [-0.15, -0.1) is 0 Å². The Morgan fingerprint density at radius 3 is 2.63 bits per heavy atom. The zero-order valence-corrected chi connectivity index (χ0v) is 17.1. The van der Waals surface area contributed by atoms with Crippen LogP contribution in [0.4, 0.5) is 0 Å². The molecular weight excluding hydrogens is 358 g/mol. The van der Waals surface area contributed by atoms with Gasteiger partial charge in [-0.05, 0) is 30.9 Å². The quantitative estimate of drug-likeness (QED) is 0.462. The van der Waals surface area contributed by atoms with Crippen LogP contribution in [0.15, 0.2) is 34.2 Å². The number of nitrogens with one attached hydrogen (secondary N) is 1. The highest BCUT2D eigenvalue weighted by Crippen LogP contribution is 2.20. The zero-order chi connectivity index (χ0) is 19.2. The molecule has 1 aliphatic carbocycles. The van der Waals surface area contributed by atoms with Crippen LogP contribution in [0.2, 0.25) is 0 Å². The first kappa shape index (κ1) is 19.9. The molecule has 0 spiro atoms. The Bertz CT molecular complexity index is 839. The van der Waals surface area contributed by atoms with Gasteiger partial charge in [-0.1, -0.05) is 63.4 Å². The smallest absolute Gasteiger partial charge is 0.262 e. The van der Waals surface area contributed by atoms with E-state index in [0.29, 0.717) is 40.3 Å². The molecule has 3 rings (SSSR count). The third-order valence-electron chi connectivity index (χ3n) is 4.93. The zero-order valence-electron chi connectivity index (χ0n) is 16.2. The summed E-state index contributed by atoms with van der Waals surface area (Å²) < 4.78 is 1.72. The maximum absolute atomic E-state index is 12.9. The van der Waals surface area contributed by atoms with E-state index in [1.807, 2.05) is 24.3 Å². The third-order valence-corrected chi connectivity index (χ3v) is 5.90. The van der Waals surface area contributed by atoms with Crippen molar-refractivity contribution in [2.75, 3.05) is 5.75 Å². The van der Waals surface area contributed by atoms with Crippen molar-refractivity contribution < 1.29 is 4.79 Å². The van der Waals surface area contributed by atoms with Crippen molar-refractivity contribution in [1.82, 2.24) is 14.9 Å². The van der Waals surface area contributed by atoms with Crippen LogP contribution < -0.4 is 10.9 Å². The molecule has 1 aromatic heterocycles. The van der Waals surface area contributed by atoms with Crippen molar-refractivity contribution in [3.8, 4) is 0 Å². The molecule has 1 heterocycles. The molecule has 146 valence electrons. The van der Waals surface area contributed by atoms with Crippen LogP contribution in [-0.2, 0) is 11.3 Å². The number of benzene rings is 1. The number of hydrogen-bond donors (Lipinski definition) is 1. The Balaban J connectivity index is 1.74. The first-order valence-corrected chi connectivity index (χ1v) is 10.9. The number of carbonyl (C=O) groups excluding carboxylic acids is 1. The highest BCUT2D eigenvalue weighted by molar-refractivity contribution is 7.99. The summed E-state index contributed by atoms with van der Waals surface area (Å²) in [6.45, 7) is 4.76. The summed E-state index contributed by atoms with van der Waals surface area (Å²) in [6.07, 6.45) is 7.06. The van der Waals surface area contributed by atoms with Crippen molar-refractivity contribution in [3.05, 3.63) is 34.6 Å². The Morgan fingerprint density at radius 2 is 1.93 bits per heavy atom. The largest absolute Gasteiger partial charge is 0.353 e. The van der Waals surface area contributed by atoms with Gasteiger partial charge >= 0.3 is 0 Å². The summed E-state index contributed by atoms with van der Waals surface area (Å²) in [5.74, 6) is 0.648. The Labute approximate surface area is 164 Å². The van der Waals surface area contributed by atoms with Gasteiger partial charge in [0.25, 0.3) is 5.56 Å². The summed E-state index contributed by atoms with van der Waals surface area (Å²) in [6, 6.07) is 7.70. The Kier molecular flexibility index (Phi) is 6.94. The molecule has 2 aromatic rings. The van der Waals surface area contributed by atoms with Crippen LogP contribution in [0.5, 0.6) is 0 Å². The molecule has 27 heavy (non-hydrogen) atoms. The number of rotatable bonds is 6. The van der Waals surface area contributed by atoms with Gasteiger partial charge in [0.1, 0.15) is 0 Å². The van der Waals surface area contributed by atoms with Crippen molar-refractivity contribution in [3.63, 3.8) is 0 Å². The molecule has 6 heteroatoms. The number of thioether (sulfide) groups is 1. The average molecular weight is 388 g/mol. The van der Waals surface area contributed by atoms with E-state index in [2.05, 4.69) is 24.1 Å². The lowest BCUT2D eigenvalue weighted by atomic mass is 10.1. The van der Waals surface area contributed by atoms with E-state index in [-0.39, 0.29) is 11.5 Å². The molecule has 1 aliphatic rings. The number of aromatic nitrogens is 2. The van der Waals surface area contributed by atoms with Gasteiger partial charge in [0, 0.05) is 12.6 Å². The minimum absolute atomic E-state index is 0.0269. The van der Waals surface area contributed by atoms with Gasteiger partial charge < -0.3 is 5.32 Å². The number of nitrogens with zero attached hydrogens (tertiary/aromatic N) is 2. The lowest BCUT2D eigenvalue weighted by molar-refractivity contribution is -0.119. The molecule has 0 saturated heterocycles. The monoisotopic (exact) mass is 387 g/mol. The summed E-state index contributed by atoms with van der Waals surface area (Å²) in [5.41, 5.74) is 0.662. The Hall–Kier alpha value is -1.82. The lowest BCUT2D eigenvalue weighted by Crippen LogP contribution is -2.35.